The molecular formula is C15H25NO. The van der Waals surface area contributed by atoms with Crippen LogP contribution in [0.1, 0.15) is 24.5 Å². The number of aryl methyl sites for hydroxylation is 1. The Morgan fingerprint density at radius 3 is 2.71 bits per heavy atom. The van der Waals surface area contributed by atoms with Gasteiger partial charge in [0.1, 0.15) is 0 Å². The summed E-state index contributed by atoms with van der Waals surface area (Å²) in [6.45, 7) is 5.98. The second-order valence-corrected chi connectivity index (χ2v) is 4.95. The minimum absolute atomic E-state index is 0.548. The van der Waals surface area contributed by atoms with Crippen LogP contribution in [-0.4, -0.2) is 20.3 Å². The minimum atomic E-state index is 0.548. The van der Waals surface area contributed by atoms with E-state index in [2.05, 4.69) is 38.1 Å². The van der Waals surface area contributed by atoms with Crippen molar-refractivity contribution in [2.24, 2.45) is 17.6 Å². The molecule has 0 amide bonds. The molecule has 0 aliphatic rings. The summed E-state index contributed by atoms with van der Waals surface area (Å²) in [6.07, 6.45) is 2.16. The van der Waals surface area contributed by atoms with Crippen molar-refractivity contribution in [1.82, 2.24) is 0 Å². The molecule has 0 spiro atoms. The number of methoxy groups -OCH3 is 1. The molecule has 1 aromatic carbocycles. The molecule has 0 heterocycles. The second kappa shape index (κ2) is 7.46. The number of hydrogen-bond donors (Lipinski definition) is 1. The van der Waals surface area contributed by atoms with E-state index in [-0.39, 0.29) is 0 Å². The molecule has 0 fully saturated rings. The summed E-state index contributed by atoms with van der Waals surface area (Å²) < 4.78 is 5.14. The summed E-state index contributed by atoms with van der Waals surface area (Å²) in [5.74, 6) is 1.16. The van der Waals surface area contributed by atoms with E-state index >= 15 is 0 Å². The predicted octanol–water partition coefficient (Wildman–Crippen LogP) is 2.79. The van der Waals surface area contributed by atoms with Gasteiger partial charge in [0, 0.05) is 13.7 Å². The van der Waals surface area contributed by atoms with E-state index in [1.54, 1.807) is 7.11 Å². The van der Waals surface area contributed by atoms with Crippen molar-refractivity contribution in [2.75, 3.05) is 20.3 Å². The van der Waals surface area contributed by atoms with E-state index in [1.807, 2.05) is 0 Å². The molecule has 96 valence electrons. The fraction of sp³-hybridized carbons (Fsp3) is 0.600. The Bertz CT molecular complexity index is 324. The summed E-state index contributed by atoms with van der Waals surface area (Å²) in [5, 5.41) is 0. The van der Waals surface area contributed by atoms with Gasteiger partial charge in [0.15, 0.2) is 0 Å². The molecule has 0 saturated heterocycles. The fourth-order valence-electron chi connectivity index (χ4n) is 2.20. The van der Waals surface area contributed by atoms with Gasteiger partial charge >= 0.3 is 0 Å². The Morgan fingerprint density at radius 1 is 1.35 bits per heavy atom. The van der Waals surface area contributed by atoms with E-state index in [9.17, 15) is 0 Å². The average Bonchev–Trinajstić information content (AvgIpc) is 2.33. The Labute approximate surface area is 105 Å². The third-order valence-electron chi connectivity index (χ3n) is 3.47. The molecule has 0 aliphatic heterocycles. The van der Waals surface area contributed by atoms with Crippen molar-refractivity contribution < 1.29 is 4.74 Å². The SMILES string of the molecule is COCCC(C)C(CN)Cc1cccc(C)c1. The van der Waals surface area contributed by atoms with Crippen LogP contribution in [0, 0.1) is 18.8 Å². The third-order valence-corrected chi connectivity index (χ3v) is 3.47. The number of ether oxygens (including phenoxy) is 1. The molecule has 2 heteroatoms. The Hall–Kier alpha value is -0.860. The summed E-state index contributed by atoms with van der Waals surface area (Å²) in [5.41, 5.74) is 8.61. The molecule has 1 aromatic rings. The standard InChI is InChI=1S/C15H25NO/c1-12-5-4-6-14(9-12)10-15(11-16)13(2)7-8-17-3/h4-6,9,13,15H,7-8,10-11,16H2,1-3H3. The first kappa shape index (κ1) is 14.2. The van der Waals surface area contributed by atoms with Crippen molar-refractivity contribution in [1.29, 1.82) is 0 Å². The lowest BCUT2D eigenvalue weighted by Crippen LogP contribution is -2.24. The summed E-state index contributed by atoms with van der Waals surface area (Å²) in [4.78, 5) is 0. The number of hydrogen-bond acceptors (Lipinski definition) is 2. The molecule has 0 aromatic heterocycles. The molecular weight excluding hydrogens is 210 g/mol. The van der Waals surface area contributed by atoms with Crippen LogP contribution in [0.3, 0.4) is 0 Å². The normalized spacial score (nSPS) is 14.6. The lowest BCUT2D eigenvalue weighted by atomic mass is 9.86. The van der Waals surface area contributed by atoms with E-state index in [0.717, 1.165) is 26.0 Å². The first-order chi connectivity index (χ1) is 8.17. The summed E-state index contributed by atoms with van der Waals surface area (Å²) >= 11 is 0. The highest BCUT2D eigenvalue weighted by atomic mass is 16.5. The molecule has 2 nitrogen and oxygen atoms in total. The zero-order chi connectivity index (χ0) is 12.7. The maximum Gasteiger partial charge on any atom is 0.0464 e. The first-order valence-corrected chi connectivity index (χ1v) is 6.42. The zero-order valence-corrected chi connectivity index (χ0v) is 11.3. The van der Waals surface area contributed by atoms with Gasteiger partial charge in [0.2, 0.25) is 0 Å². The first-order valence-electron chi connectivity index (χ1n) is 6.42. The number of nitrogens with two attached hydrogens (primary N) is 1. The van der Waals surface area contributed by atoms with E-state index in [4.69, 9.17) is 10.5 Å². The number of rotatable bonds is 7. The van der Waals surface area contributed by atoms with Gasteiger partial charge in [-0.15, -0.1) is 0 Å². The van der Waals surface area contributed by atoms with Crippen LogP contribution in [0.4, 0.5) is 0 Å². The zero-order valence-electron chi connectivity index (χ0n) is 11.3. The summed E-state index contributed by atoms with van der Waals surface area (Å²) in [6, 6.07) is 8.71. The molecule has 2 N–H and O–H groups in total. The Kier molecular flexibility index (Phi) is 6.23. The molecule has 2 atom stereocenters. The highest BCUT2D eigenvalue weighted by molar-refractivity contribution is 5.22. The second-order valence-electron chi connectivity index (χ2n) is 4.95. The van der Waals surface area contributed by atoms with Gasteiger partial charge in [0.05, 0.1) is 0 Å². The smallest absolute Gasteiger partial charge is 0.0464 e. The van der Waals surface area contributed by atoms with Crippen LogP contribution in [0.5, 0.6) is 0 Å². The van der Waals surface area contributed by atoms with Gasteiger partial charge in [0.25, 0.3) is 0 Å². The van der Waals surface area contributed by atoms with Crippen molar-refractivity contribution in [3.63, 3.8) is 0 Å². The van der Waals surface area contributed by atoms with Crippen LogP contribution in [0.25, 0.3) is 0 Å². The van der Waals surface area contributed by atoms with E-state index in [1.165, 1.54) is 11.1 Å². The van der Waals surface area contributed by atoms with Crippen LogP contribution >= 0.6 is 0 Å². The summed E-state index contributed by atoms with van der Waals surface area (Å²) in [7, 11) is 1.75. The van der Waals surface area contributed by atoms with Gasteiger partial charge in [-0.05, 0) is 43.7 Å². The monoisotopic (exact) mass is 235 g/mol. The topological polar surface area (TPSA) is 35.2 Å². The lowest BCUT2D eigenvalue weighted by Gasteiger charge is -2.22. The molecule has 0 radical (unpaired) electrons. The van der Waals surface area contributed by atoms with Gasteiger partial charge in [-0.2, -0.15) is 0 Å². The van der Waals surface area contributed by atoms with Gasteiger partial charge in [-0.1, -0.05) is 36.8 Å². The molecule has 2 unspecified atom stereocenters. The van der Waals surface area contributed by atoms with Crippen molar-refractivity contribution in [3.05, 3.63) is 35.4 Å². The fourth-order valence-corrected chi connectivity index (χ4v) is 2.20. The van der Waals surface area contributed by atoms with Gasteiger partial charge in [-0.25, -0.2) is 0 Å². The Balaban J connectivity index is 2.56. The van der Waals surface area contributed by atoms with Crippen molar-refractivity contribution in [2.45, 2.75) is 26.7 Å². The maximum atomic E-state index is 5.89. The van der Waals surface area contributed by atoms with Crippen molar-refractivity contribution in [3.8, 4) is 0 Å². The quantitative estimate of drug-likeness (QED) is 0.788. The van der Waals surface area contributed by atoms with Crippen LogP contribution in [0.2, 0.25) is 0 Å². The molecule has 1 rings (SSSR count). The maximum absolute atomic E-state index is 5.89. The molecule has 17 heavy (non-hydrogen) atoms. The minimum Gasteiger partial charge on any atom is -0.385 e. The van der Waals surface area contributed by atoms with Gasteiger partial charge < -0.3 is 10.5 Å². The van der Waals surface area contributed by atoms with Crippen LogP contribution < -0.4 is 5.73 Å². The molecule has 0 aliphatic carbocycles. The highest BCUT2D eigenvalue weighted by Gasteiger charge is 2.16. The van der Waals surface area contributed by atoms with Crippen LogP contribution in [-0.2, 0) is 11.2 Å². The average molecular weight is 235 g/mol. The largest absolute Gasteiger partial charge is 0.385 e. The Morgan fingerprint density at radius 2 is 2.12 bits per heavy atom. The predicted molar refractivity (Wildman–Crippen MR) is 73.1 cm³/mol. The molecule has 0 bridgehead atoms. The van der Waals surface area contributed by atoms with Gasteiger partial charge in [-0.3, -0.25) is 0 Å². The van der Waals surface area contributed by atoms with E-state index < -0.39 is 0 Å². The molecule has 0 saturated carbocycles. The van der Waals surface area contributed by atoms with Crippen molar-refractivity contribution >= 4 is 0 Å². The highest BCUT2D eigenvalue weighted by Crippen LogP contribution is 2.20. The lowest BCUT2D eigenvalue weighted by molar-refractivity contribution is 0.166. The van der Waals surface area contributed by atoms with E-state index in [0.29, 0.717) is 11.8 Å². The third kappa shape index (κ3) is 4.88. The van der Waals surface area contributed by atoms with Crippen LogP contribution in [0.15, 0.2) is 24.3 Å². The number of benzene rings is 1.